The average Bonchev–Trinajstić information content (AvgIpc) is 2.42. The summed E-state index contributed by atoms with van der Waals surface area (Å²) in [5, 5.41) is 0. The number of carbonyl (C=O) groups is 1. The SMILES string of the molecule is CCCCCCC(C)OCC(=O)c1ccc(I)cc1. The van der Waals surface area contributed by atoms with E-state index in [-0.39, 0.29) is 18.5 Å². The zero-order valence-corrected chi connectivity index (χ0v) is 14.0. The third kappa shape index (κ3) is 7.06. The number of carbonyl (C=O) groups excluding carboxylic acids is 1. The standard InChI is InChI=1S/C16H23IO2/c1-3-4-5-6-7-13(2)19-12-16(18)14-8-10-15(17)11-9-14/h8-11,13H,3-7,12H2,1-2H3. The van der Waals surface area contributed by atoms with Crippen molar-refractivity contribution >= 4 is 28.4 Å². The number of ketones is 1. The fourth-order valence-electron chi connectivity index (χ4n) is 1.88. The van der Waals surface area contributed by atoms with Gasteiger partial charge < -0.3 is 4.74 Å². The van der Waals surface area contributed by atoms with E-state index in [4.69, 9.17) is 4.74 Å². The van der Waals surface area contributed by atoms with Crippen molar-refractivity contribution in [1.82, 2.24) is 0 Å². The lowest BCUT2D eigenvalue weighted by atomic mass is 10.1. The van der Waals surface area contributed by atoms with Gasteiger partial charge in [0, 0.05) is 9.13 Å². The number of Topliss-reactive ketones (excluding diaryl/α,β-unsaturated/α-hetero) is 1. The molecule has 1 atom stereocenters. The minimum absolute atomic E-state index is 0.0665. The number of hydrogen-bond acceptors (Lipinski definition) is 2. The van der Waals surface area contributed by atoms with Crippen LogP contribution in [0.5, 0.6) is 0 Å². The molecule has 0 aromatic heterocycles. The van der Waals surface area contributed by atoms with Gasteiger partial charge in [0.05, 0.1) is 6.10 Å². The molecule has 1 rings (SSSR count). The quantitative estimate of drug-likeness (QED) is 0.351. The summed E-state index contributed by atoms with van der Waals surface area (Å²) in [5.74, 6) is 0.0665. The second-order valence-electron chi connectivity index (χ2n) is 4.90. The van der Waals surface area contributed by atoms with E-state index in [1.165, 1.54) is 25.7 Å². The zero-order chi connectivity index (χ0) is 14.1. The molecular weight excluding hydrogens is 351 g/mol. The van der Waals surface area contributed by atoms with Crippen molar-refractivity contribution in [3.05, 3.63) is 33.4 Å². The van der Waals surface area contributed by atoms with Gasteiger partial charge >= 0.3 is 0 Å². The molecule has 19 heavy (non-hydrogen) atoms. The Morgan fingerprint density at radius 3 is 2.53 bits per heavy atom. The number of benzene rings is 1. The van der Waals surface area contributed by atoms with Crippen LogP contribution in [0.1, 0.15) is 56.3 Å². The molecule has 1 aromatic carbocycles. The lowest BCUT2D eigenvalue weighted by Gasteiger charge is -2.12. The maximum Gasteiger partial charge on any atom is 0.188 e. The van der Waals surface area contributed by atoms with Crippen LogP contribution in [0, 0.1) is 3.57 Å². The second kappa shape index (κ2) is 9.48. The van der Waals surface area contributed by atoms with Crippen LogP contribution < -0.4 is 0 Å². The first-order valence-electron chi connectivity index (χ1n) is 7.04. The van der Waals surface area contributed by atoms with Crippen LogP contribution in [0.4, 0.5) is 0 Å². The molecular formula is C16H23IO2. The summed E-state index contributed by atoms with van der Waals surface area (Å²) in [6, 6.07) is 7.61. The van der Waals surface area contributed by atoms with E-state index < -0.39 is 0 Å². The highest BCUT2D eigenvalue weighted by Crippen LogP contribution is 2.10. The van der Waals surface area contributed by atoms with Crippen LogP contribution >= 0.6 is 22.6 Å². The molecule has 0 spiro atoms. The number of unbranched alkanes of at least 4 members (excludes halogenated alkanes) is 3. The Balaban J connectivity index is 2.24. The first kappa shape index (κ1) is 16.6. The maximum absolute atomic E-state index is 11.9. The van der Waals surface area contributed by atoms with Crippen molar-refractivity contribution in [3.8, 4) is 0 Å². The van der Waals surface area contributed by atoms with Crippen molar-refractivity contribution in [1.29, 1.82) is 0 Å². The number of halogens is 1. The minimum Gasteiger partial charge on any atom is -0.370 e. The van der Waals surface area contributed by atoms with Gasteiger partial charge in [-0.15, -0.1) is 0 Å². The Morgan fingerprint density at radius 1 is 1.21 bits per heavy atom. The summed E-state index contributed by atoms with van der Waals surface area (Å²) in [5.41, 5.74) is 0.735. The number of hydrogen-bond donors (Lipinski definition) is 0. The van der Waals surface area contributed by atoms with E-state index in [1.54, 1.807) is 0 Å². The monoisotopic (exact) mass is 374 g/mol. The molecule has 0 fully saturated rings. The van der Waals surface area contributed by atoms with Crippen molar-refractivity contribution in [2.75, 3.05) is 6.61 Å². The molecule has 0 saturated heterocycles. The topological polar surface area (TPSA) is 26.3 Å². The Labute approximate surface area is 130 Å². The van der Waals surface area contributed by atoms with Crippen molar-refractivity contribution in [2.24, 2.45) is 0 Å². The fourth-order valence-corrected chi connectivity index (χ4v) is 2.24. The van der Waals surface area contributed by atoms with Gasteiger partial charge in [-0.3, -0.25) is 4.79 Å². The van der Waals surface area contributed by atoms with Gasteiger partial charge in [0.25, 0.3) is 0 Å². The molecule has 1 aromatic rings. The van der Waals surface area contributed by atoms with Crippen LogP contribution in [-0.4, -0.2) is 18.5 Å². The molecule has 1 unspecified atom stereocenters. The van der Waals surface area contributed by atoms with Gasteiger partial charge in [0.2, 0.25) is 0 Å². The normalized spacial score (nSPS) is 12.4. The number of ether oxygens (including phenoxy) is 1. The van der Waals surface area contributed by atoms with E-state index in [0.717, 1.165) is 15.6 Å². The van der Waals surface area contributed by atoms with Crippen LogP contribution in [0.3, 0.4) is 0 Å². The molecule has 0 aliphatic rings. The van der Waals surface area contributed by atoms with Crippen LogP contribution in [0.15, 0.2) is 24.3 Å². The van der Waals surface area contributed by atoms with E-state index in [0.29, 0.717) is 0 Å². The van der Waals surface area contributed by atoms with E-state index in [2.05, 4.69) is 29.5 Å². The van der Waals surface area contributed by atoms with Crippen molar-refractivity contribution < 1.29 is 9.53 Å². The largest absolute Gasteiger partial charge is 0.370 e. The van der Waals surface area contributed by atoms with Gasteiger partial charge in [-0.25, -0.2) is 0 Å². The summed E-state index contributed by atoms with van der Waals surface area (Å²) in [7, 11) is 0. The zero-order valence-electron chi connectivity index (χ0n) is 11.8. The predicted molar refractivity (Wildman–Crippen MR) is 87.7 cm³/mol. The fraction of sp³-hybridized carbons (Fsp3) is 0.562. The molecule has 106 valence electrons. The van der Waals surface area contributed by atoms with Crippen LogP contribution in [0.25, 0.3) is 0 Å². The molecule has 0 radical (unpaired) electrons. The molecule has 0 N–H and O–H groups in total. The van der Waals surface area contributed by atoms with E-state index >= 15 is 0 Å². The Morgan fingerprint density at radius 2 is 1.89 bits per heavy atom. The molecule has 0 amide bonds. The van der Waals surface area contributed by atoms with Crippen LogP contribution in [0.2, 0.25) is 0 Å². The van der Waals surface area contributed by atoms with Gasteiger partial charge in [-0.2, -0.15) is 0 Å². The molecule has 0 bridgehead atoms. The summed E-state index contributed by atoms with van der Waals surface area (Å²) in [6.07, 6.45) is 6.20. The predicted octanol–water partition coefficient (Wildman–Crippen LogP) is 4.85. The van der Waals surface area contributed by atoms with Gasteiger partial charge in [-0.05, 0) is 48.1 Å². The third-order valence-electron chi connectivity index (χ3n) is 3.13. The molecule has 0 aliphatic heterocycles. The van der Waals surface area contributed by atoms with Crippen LogP contribution in [-0.2, 0) is 4.74 Å². The molecule has 0 heterocycles. The summed E-state index contributed by atoms with van der Waals surface area (Å²) in [4.78, 5) is 11.9. The lowest BCUT2D eigenvalue weighted by molar-refractivity contribution is 0.0483. The highest BCUT2D eigenvalue weighted by atomic mass is 127. The molecule has 3 heteroatoms. The molecule has 0 aliphatic carbocycles. The van der Waals surface area contributed by atoms with Gasteiger partial charge in [0.1, 0.15) is 6.61 Å². The molecule has 2 nitrogen and oxygen atoms in total. The van der Waals surface area contributed by atoms with E-state index in [1.807, 2.05) is 31.2 Å². The Kier molecular flexibility index (Phi) is 8.30. The Bertz CT molecular complexity index is 373. The third-order valence-corrected chi connectivity index (χ3v) is 3.85. The lowest BCUT2D eigenvalue weighted by Crippen LogP contribution is -2.16. The summed E-state index contributed by atoms with van der Waals surface area (Å²) < 4.78 is 6.76. The van der Waals surface area contributed by atoms with E-state index in [9.17, 15) is 4.79 Å². The van der Waals surface area contributed by atoms with Gasteiger partial charge in [0.15, 0.2) is 5.78 Å². The minimum atomic E-state index is 0.0665. The summed E-state index contributed by atoms with van der Waals surface area (Å²) >= 11 is 2.23. The second-order valence-corrected chi connectivity index (χ2v) is 6.15. The first-order chi connectivity index (χ1) is 9.13. The first-order valence-corrected chi connectivity index (χ1v) is 8.11. The smallest absolute Gasteiger partial charge is 0.188 e. The van der Waals surface area contributed by atoms with Crippen molar-refractivity contribution in [3.63, 3.8) is 0 Å². The maximum atomic E-state index is 11.9. The van der Waals surface area contributed by atoms with Crippen molar-refractivity contribution in [2.45, 2.75) is 52.1 Å². The Hall–Kier alpha value is -0.420. The highest BCUT2D eigenvalue weighted by molar-refractivity contribution is 14.1. The molecule has 0 saturated carbocycles. The average molecular weight is 374 g/mol. The number of rotatable bonds is 9. The highest BCUT2D eigenvalue weighted by Gasteiger charge is 2.09. The van der Waals surface area contributed by atoms with Gasteiger partial charge in [-0.1, -0.05) is 44.7 Å². The summed E-state index contributed by atoms with van der Waals surface area (Å²) in [6.45, 7) is 4.45.